The second kappa shape index (κ2) is 5.27. The maximum Gasteiger partial charge on any atom is 0.356 e. The first-order valence-corrected chi connectivity index (χ1v) is 5.55. The van der Waals surface area contributed by atoms with Crippen LogP contribution in [0.1, 0.15) is 23.0 Å². The van der Waals surface area contributed by atoms with Crippen LogP contribution in [-0.2, 0) is 18.6 Å². The van der Waals surface area contributed by atoms with Crippen molar-refractivity contribution >= 4 is 27.9 Å². The first kappa shape index (κ1) is 13.6. The molecule has 0 saturated heterocycles. The minimum Gasteiger partial charge on any atom is -0.468 e. The monoisotopic (exact) mass is 301 g/mol. The van der Waals surface area contributed by atoms with Crippen LogP contribution in [0.3, 0.4) is 0 Å². The number of pyridine rings is 1. The van der Waals surface area contributed by atoms with Crippen molar-refractivity contribution in [3.63, 3.8) is 0 Å². The number of esters is 2. The highest BCUT2D eigenvalue weighted by molar-refractivity contribution is 9.10. The number of nitrogens with zero attached hydrogens (tertiary/aromatic N) is 1. The lowest BCUT2D eigenvalue weighted by molar-refractivity contribution is -0.143. The Morgan fingerprint density at radius 1 is 1.35 bits per heavy atom. The maximum absolute atomic E-state index is 11.6. The van der Waals surface area contributed by atoms with Gasteiger partial charge in [-0.05, 0) is 24.6 Å². The molecule has 0 bridgehead atoms. The minimum atomic E-state index is -1.02. The molecular formula is C11H12BrNO4. The molecule has 0 fully saturated rings. The van der Waals surface area contributed by atoms with Gasteiger partial charge in [0.25, 0.3) is 0 Å². The van der Waals surface area contributed by atoms with E-state index >= 15 is 0 Å². The lowest BCUT2D eigenvalue weighted by Crippen LogP contribution is -2.27. The van der Waals surface area contributed by atoms with E-state index in [0.29, 0.717) is 5.56 Å². The number of carbonyl (C=O) groups is 2. The molecule has 0 N–H and O–H groups in total. The summed E-state index contributed by atoms with van der Waals surface area (Å²) in [5.41, 5.74) is 0.708. The number of halogens is 1. The van der Waals surface area contributed by atoms with E-state index in [1.165, 1.54) is 26.5 Å². The van der Waals surface area contributed by atoms with Crippen LogP contribution in [0.25, 0.3) is 0 Å². The topological polar surface area (TPSA) is 65.5 Å². The SMILES string of the molecule is COC(=O)c1cc(C(C)(Br)C(=O)OC)ccn1. The van der Waals surface area contributed by atoms with E-state index in [9.17, 15) is 9.59 Å². The van der Waals surface area contributed by atoms with Crippen LogP contribution in [0.5, 0.6) is 0 Å². The first-order valence-electron chi connectivity index (χ1n) is 4.75. The number of rotatable bonds is 3. The highest BCUT2D eigenvalue weighted by atomic mass is 79.9. The van der Waals surface area contributed by atoms with E-state index in [0.717, 1.165) is 0 Å². The molecule has 0 aromatic carbocycles. The van der Waals surface area contributed by atoms with E-state index in [1.807, 2.05) is 0 Å². The fraction of sp³-hybridized carbons (Fsp3) is 0.364. The largest absolute Gasteiger partial charge is 0.468 e. The summed E-state index contributed by atoms with van der Waals surface area (Å²) in [6.45, 7) is 1.63. The second-order valence-corrected chi connectivity index (χ2v) is 5.00. The summed E-state index contributed by atoms with van der Waals surface area (Å²) in [7, 11) is 2.56. The first-order chi connectivity index (χ1) is 7.93. The quantitative estimate of drug-likeness (QED) is 0.627. The Morgan fingerprint density at radius 2 is 2.00 bits per heavy atom. The molecule has 0 spiro atoms. The van der Waals surface area contributed by atoms with Crippen LogP contribution in [-0.4, -0.2) is 31.1 Å². The van der Waals surface area contributed by atoms with Crippen molar-refractivity contribution in [1.82, 2.24) is 4.98 Å². The van der Waals surface area contributed by atoms with Gasteiger partial charge in [0, 0.05) is 6.20 Å². The number of hydrogen-bond donors (Lipinski definition) is 0. The number of hydrogen-bond acceptors (Lipinski definition) is 5. The molecule has 1 aromatic rings. The van der Waals surface area contributed by atoms with Crippen LogP contribution >= 0.6 is 15.9 Å². The van der Waals surface area contributed by atoms with Crippen molar-refractivity contribution in [3.05, 3.63) is 29.6 Å². The van der Waals surface area contributed by atoms with Gasteiger partial charge in [0.05, 0.1) is 14.2 Å². The van der Waals surface area contributed by atoms with Crippen LogP contribution < -0.4 is 0 Å². The molecule has 0 amide bonds. The molecular weight excluding hydrogens is 290 g/mol. The smallest absolute Gasteiger partial charge is 0.356 e. The summed E-state index contributed by atoms with van der Waals surface area (Å²) in [6.07, 6.45) is 1.43. The van der Waals surface area contributed by atoms with Gasteiger partial charge in [-0.15, -0.1) is 0 Å². The Kier molecular flexibility index (Phi) is 4.22. The average Bonchev–Trinajstić information content (AvgIpc) is 2.36. The number of ether oxygens (including phenoxy) is 2. The second-order valence-electron chi connectivity index (χ2n) is 3.42. The molecule has 1 atom stereocenters. The fourth-order valence-corrected chi connectivity index (χ4v) is 1.66. The third-order valence-corrected chi connectivity index (χ3v) is 3.05. The van der Waals surface area contributed by atoms with Crippen LogP contribution in [0.15, 0.2) is 18.3 Å². The summed E-state index contributed by atoms with van der Waals surface area (Å²) in [6, 6.07) is 3.11. The van der Waals surface area contributed by atoms with Gasteiger partial charge in [-0.1, -0.05) is 15.9 Å². The maximum atomic E-state index is 11.6. The molecule has 6 heteroatoms. The molecule has 0 aliphatic heterocycles. The third kappa shape index (κ3) is 2.82. The van der Waals surface area contributed by atoms with Crippen LogP contribution in [0.4, 0.5) is 0 Å². The third-order valence-electron chi connectivity index (χ3n) is 2.27. The van der Waals surface area contributed by atoms with Crippen LogP contribution in [0, 0.1) is 0 Å². The highest BCUT2D eigenvalue weighted by Gasteiger charge is 2.34. The Bertz CT molecular complexity index is 445. The van der Waals surface area contributed by atoms with Gasteiger partial charge in [-0.3, -0.25) is 4.79 Å². The van der Waals surface area contributed by atoms with Gasteiger partial charge >= 0.3 is 11.9 Å². The van der Waals surface area contributed by atoms with E-state index < -0.39 is 16.3 Å². The standard InChI is InChI=1S/C11H12BrNO4/c1-11(12,10(15)17-3)7-4-5-13-8(6-7)9(14)16-2/h4-6H,1-3H3. The lowest BCUT2D eigenvalue weighted by atomic mass is 10.0. The molecule has 0 saturated carbocycles. The van der Waals surface area contributed by atoms with E-state index in [-0.39, 0.29) is 5.69 Å². The normalized spacial score (nSPS) is 13.6. The van der Waals surface area contributed by atoms with E-state index in [4.69, 9.17) is 0 Å². The molecule has 0 aliphatic carbocycles. The minimum absolute atomic E-state index is 0.138. The van der Waals surface area contributed by atoms with Crippen molar-refractivity contribution < 1.29 is 19.1 Å². The average molecular weight is 302 g/mol. The lowest BCUT2D eigenvalue weighted by Gasteiger charge is -2.19. The molecule has 0 radical (unpaired) electrons. The van der Waals surface area contributed by atoms with E-state index in [1.54, 1.807) is 13.0 Å². The number of aromatic nitrogens is 1. The number of methoxy groups -OCH3 is 2. The molecule has 92 valence electrons. The summed E-state index contributed by atoms with van der Waals surface area (Å²) >= 11 is 3.27. The number of carbonyl (C=O) groups excluding carboxylic acids is 2. The summed E-state index contributed by atoms with van der Waals surface area (Å²) in [5, 5.41) is 0. The van der Waals surface area contributed by atoms with Crippen molar-refractivity contribution in [3.8, 4) is 0 Å². The van der Waals surface area contributed by atoms with Gasteiger partial charge in [-0.25, -0.2) is 9.78 Å². The zero-order valence-electron chi connectivity index (χ0n) is 9.69. The Hall–Kier alpha value is -1.43. The number of alkyl halides is 1. The Labute approximate surface area is 107 Å². The molecule has 1 rings (SSSR count). The van der Waals surface area contributed by atoms with Gasteiger partial charge in [0.1, 0.15) is 10.0 Å². The van der Waals surface area contributed by atoms with Crippen molar-refractivity contribution in [1.29, 1.82) is 0 Å². The van der Waals surface area contributed by atoms with Crippen molar-refractivity contribution in [2.75, 3.05) is 14.2 Å². The van der Waals surface area contributed by atoms with Gasteiger partial charge < -0.3 is 9.47 Å². The summed E-state index contributed by atoms with van der Waals surface area (Å²) in [4.78, 5) is 26.8. The van der Waals surface area contributed by atoms with Gasteiger partial charge in [0.2, 0.25) is 0 Å². The zero-order chi connectivity index (χ0) is 13.1. The Balaban J connectivity index is 3.15. The summed E-state index contributed by atoms with van der Waals surface area (Å²) in [5.74, 6) is -1.01. The predicted molar refractivity (Wildman–Crippen MR) is 63.9 cm³/mol. The van der Waals surface area contributed by atoms with Crippen molar-refractivity contribution in [2.24, 2.45) is 0 Å². The molecule has 5 nitrogen and oxygen atoms in total. The van der Waals surface area contributed by atoms with Crippen LogP contribution in [0.2, 0.25) is 0 Å². The zero-order valence-corrected chi connectivity index (χ0v) is 11.3. The molecule has 1 unspecified atom stereocenters. The Morgan fingerprint density at radius 3 is 2.53 bits per heavy atom. The van der Waals surface area contributed by atoms with E-state index in [2.05, 4.69) is 30.4 Å². The molecule has 17 heavy (non-hydrogen) atoms. The van der Waals surface area contributed by atoms with Gasteiger partial charge in [0.15, 0.2) is 0 Å². The van der Waals surface area contributed by atoms with Crippen molar-refractivity contribution in [2.45, 2.75) is 11.2 Å². The van der Waals surface area contributed by atoms with Gasteiger partial charge in [-0.2, -0.15) is 0 Å². The summed E-state index contributed by atoms with van der Waals surface area (Å²) < 4.78 is 8.21. The highest BCUT2D eigenvalue weighted by Crippen LogP contribution is 2.32. The molecule has 1 aromatic heterocycles. The fourth-order valence-electron chi connectivity index (χ4n) is 1.25. The molecule has 0 aliphatic rings. The predicted octanol–water partition coefficient (Wildman–Crippen LogP) is 1.65. The molecule has 1 heterocycles.